The van der Waals surface area contributed by atoms with Gasteiger partial charge in [-0.25, -0.2) is 0 Å². The van der Waals surface area contributed by atoms with Crippen LogP contribution in [-0.2, 0) is 11.3 Å². The van der Waals surface area contributed by atoms with Crippen molar-refractivity contribution in [3.8, 4) is 11.6 Å². The second-order valence-electron chi connectivity index (χ2n) is 5.91. The van der Waals surface area contributed by atoms with E-state index in [1.165, 1.54) is 18.7 Å². The Bertz CT molecular complexity index is 934. The molecule has 0 spiro atoms. The van der Waals surface area contributed by atoms with E-state index in [1.807, 2.05) is 10.6 Å². The summed E-state index contributed by atoms with van der Waals surface area (Å²) >= 11 is 1.31. The van der Waals surface area contributed by atoms with Crippen LogP contribution < -0.4 is 5.32 Å². The van der Waals surface area contributed by atoms with Gasteiger partial charge >= 0.3 is 0 Å². The third kappa shape index (κ3) is 4.65. The first-order valence-electron chi connectivity index (χ1n) is 8.59. The summed E-state index contributed by atoms with van der Waals surface area (Å²) in [6.45, 7) is 4.29. The number of amides is 1. The van der Waals surface area contributed by atoms with E-state index in [0.29, 0.717) is 28.0 Å². The van der Waals surface area contributed by atoms with E-state index < -0.39 is 0 Å². The first-order chi connectivity index (χ1) is 13.1. The molecule has 7 nitrogen and oxygen atoms in total. The highest BCUT2D eigenvalue weighted by molar-refractivity contribution is 7.99. The summed E-state index contributed by atoms with van der Waals surface area (Å²) in [6.07, 6.45) is 2.50. The minimum Gasteiger partial charge on any atom is -0.461 e. The van der Waals surface area contributed by atoms with Gasteiger partial charge in [0.25, 0.3) is 0 Å². The van der Waals surface area contributed by atoms with Crippen LogP contribution in [0.2, 0.25) is 0 Å². The van der Waals surface area contributed by atoms with Crippen molar-refractivity contribution in [2.45, 2.75) is 32.0 Å². The molecule has 1 aromatic carbocycles. The van der Waals surface area contributed by atoms with Crippen LogP contribution in [0.15, 0.2) is 52.2 Å². The summed E-state index contributed by atoms with van der Waals surface area (Å²) in [6, 6.07) is 10.5. The molecule has 0 fully saturated rings. The van der Waals surface area contributed by atoms with Crippen molar-refractivity contribution in [1.29, 1.82) is 0 Å². The smallest absolute Gasteiger partial charge is 0.234 e. The van der Waals surface area contributed by atoms with Crippen molar-refractivity contribution in [2.75, 3.05) is 11.1 Å². The lowest BCUT2D eigenvalue weighted by molar-refractivity contribution is -0.113. The maximum atomic E-state index is 12.3. The van der Waals surface area contributed by atoms with Crippen molar-refractivity contribution in [3.63, 3.8) is 0 Å². The molecule has 0 saturated carbocycles. The molecule has 27 heavy (non-hydrogen) atoms. The number of Topliss-reactive ketones (excluding diaryl/α,β-unsaturated/α-hetero) is 1. The third-order valence-electron chi connectivity index (χ3n) is 3.79. The number of nitrogens with zero attached hydrogens (tertiary/aromatic N) is 3. The lowest BCUT2D eigenvalue weighted by Gasteiger charge is -2.08. The quantitative estimate of drug-likeness (QED) is 0.468. The van der Waals surface area contributed by atoms with Gasteiger partial charge in [0.2, 0.25) is 5.91 Å². The lowest BCUT2D eigenvalue weighted by atomic mass is 10.1. The summed E-state index contributed by atoms with van der Waals surface area (Å²) in [5.41, 5.74) is 1.16. The summed E-state index contributed by atoms with van der Waals surface area (Å²) in [5, 5.41) is 11.9. The van der Waals surface area contributed by atoms with E-state index in [0.717, 1.165) is 13.0 Å². The number of hydrogen-bond acceptors (Lipinski definition) is 6. The van der Waals surface area contributed by atoms with Gasteiger partial charge < -0.3 is 9.73 Å². The van der Waals surface area contributed by atoms with Crippen molar-refractivity contribution < 1.29 is 14.0 Å². The SMILES string of the molecule is CCCn1c(SCC(=O)Nc2cccc(C(C)=O)c2)nnc1-c1ccco1. The zero-order valence-corrected chi connectivity index (χ0v) is 16.0. The Hall–Kier alpha value is -2.87. The number of carbonyl (C=O) groups is 2. The standard InChI is InChI=1S/C19H20N4O3S/c1-3-9-23-18(16-8-5-10-26-16)21-22-19(23)27-12-17(25)20-15-7-4-6-14(11-15)13(2)24/h4-8,10-11H,3,9,12H2,1-2H3,(H,20,25). The molecule has 2 aromatic heterocycles. The van der Waals surface area contributed by atoms with Crippen molar-refractivity contribution >= 4 is 29.1 Å². The molecule has 0 aliphatic heterocycles. The summed E-state index contributed by atoms with van der Waals surface area (Å²) < 4.78 is 7.37. The highest BCUT2D eigenvalue weighted by Gasteiger charge is 2.17. The van der Waals surface area contributed by atoms with E-state index in [-0.39, 0.29) is 17.4 Å². The number of hydrogen-bond donors (Lipinski definition) is 1. The first-order valence-corrected chi connectivity index (χ1v) is 9.57. The van der Waals surface area contributed by atoms with Crippen LogP contribution in [0.5, 0.6) is 0 Å². The van der Waals surface area contributed by atoms with E-state index in [9.17, 15) is 9.59 Å². The van der Waals surface area contributed by atoms with Crippen LogP contribution in [0.3, 0.4) is 0 Å². The molecule has 1 amide bonds. The molecule has 0 radical (unpaired) electrons. The molecule has 0 bridgehead atoms. The van der Waals surface area contributed by atoms with Crippen LogP contribution in [-0.4, -0.2) is 32.2 Å². The molecule has 0 saturated heterocycles. The minimum absolute atomic E-state index is 0.0430. The van der Waals surface area contributed by atoms with Crippen molar-refractivity contribution in [3.05, 3.63) is 48.2 Å². The molecule has 0 aliphatic rings. The van der Waals surface area contributed by atoms with Crippen molar-refractivity contribution in [2.24, 2.45) is 0 Å². The van der Waals surface area contributed by atoms with Gasteiger partial charge in [-0.2, -0.15) is 0 Å². The van der Waals surface area contributed by atoms with Crippen LogP contribution in [0.1, 0.15) is 30.6 Å². The fourth-order valence-electron chi connectivity index (χ4n) is 2.55. The second-order valence-corrected chi connectivity index (χ2v) is 6.85. The number of carbonyl (C=O) groups excluding carboxylic acids is 2. The number of aromatic nitrogens is 3. The number of benzene rings is 1. The Labute approximate surface area is 161 Å². The number of furan rings is 1. The van der Waals surface area contributed by atoms with Gasteiger partial charge in [-0.05, 0) is 37.6 Å². The molecule has 3 aromatic rings. The maximum Gasteiger partial charge on any atom is 0.234 e. The van der Waals surface area contributed by atoms with Gasteiger partial charge in [-0.15, -0.1) is 10.2 Å². The topological polar surface area (TPSA) is 90.0 Å². The highest BCUT2D eigenvalue weighted by Crippen LogP contribution is 2.25. The lowest BCUT2D eigenvalue weighted by Crippen LogP contribution is -2.15. The highest BCUT2D eigenvalue weighted by atomic mass is 32.2. The third-order valence-corrected chi connectivity index (χ3v) is 4.76. The van der Waals surface area contributed by atoms with E-state index >= 15 is 0 Å². The number of thioether (sulfide) groups is 1. The predicted octanol–water partition coefficient (Wildman–Crippen LogP) is 3.88. The fourth-order valence-corrected chi connectivity index (χ4v) is 3.32. The van der Waals surface area contributed by atoms with Gasteiger partial charge in [-0.1, -0.05) is 30.8 Å². The van der Waals surface area contributed by atoms with E-state index in [2.05, 4.69) is 22.4 Å². The van der Waals surface area contributed by atoms with E-state index in [1.54, 1.807) is 36.6 Å². The molecular formula is C19H20N4O3S. The Kier molecular flexibility index (Phi) is 6.08. The van der Waals surface area contributed by atoms with Gasteiger partial charge in [0.15, 0.2) is 22.5 Å². The first kappa shape index (κ1) is 18.9. The van der Waals surface area contributed by atoms with Gasteiger partial charge in [0.1, 0.15) is 0 Å². The summed E-state index contributed by atoms with van der Waals surface area (Å²) in [5.74, 6) is 1.27. The largest absolute Gasteiger partial charge is 0.461 e. The minimum atomic E-state index is -0.175. The Balaban J connectivity index is 1.67. The normalized spacial score (nSPS) is 10.7. The molecule has 1 N–H and O–H groups in total. The van der Waals surface area contributed by atoms with Gasteiger partial charge in [0.05, 0.1) is 12.0 Å². The van der Waals surface area contributed by atoms with Crippen molar-refractivity contribution in [1.82, 2.24) is 14.8 Å². The maximum absolute atomic E-state index is 12.3. The fraction of sp³-hybridized carbons (Fsp3) is 0.263. The van der Waals surface area contributed by atoms with Gasteiger partial charge in [-0.3, -0.25) is 14.2 Å². The number of nitrogens with one attached hydrogen (secondary N) is 1. The second kappa shape index (κ2) is 8.68. The Morgan fingerprint density at radius 2 is 2.07 bits per heavy atom. The molecule has 140 valence electrons. The average Bonchev–Trinajstić information content (AvgIpc) is 3.30. The van der Waals surface area contributed by atoms with Gasteiger partial charge in [0, 0.05) is 17.8 Å². The van der Waals surface area contributed by atoms with Crippen LogP contribution in [0.4, 0.5) is 5.69 Å². The van der Waals surface area contributed by atoms with Crippen LogP contribution in [0, 0.1) is 0 Å². The number of anilines is 1. The number of ketones is 1. The zero-order valence-electron chi connectivity index (χ0n) is 15.1. The molecule has 0 atom stereocenters. The molecule has 0 unspecified atom stereocenters. The zero-order chi connectivity index (χ0) is 19.2. The van der Waals surface area contributed by atoms with Crippen LogP contribution in [0.25, 0.3) is 11.6 Å². The Morgan fingerprint density at radius 1 is 1.22 bits per heavy atom. The summed E-state index contributed by atoms with van der Waals surface area (Å²) in [7, 11) is 0. The average molecular weight is 384 g/mol. The summed E-state index contributed by atoms with van der Waals surface area (Å²) in [4.78, 5) is 23.7. The van der Waals surface area contributed by atoms with E-state index in [4.69, 9.17) is 4.42 Å². The molecule has 2 heterocycles. The number of rotatable bonds is 8. The molecule has 8 heteroatoms. The monoisotopic (exact) mass is 384 g/mol. The Morgan fingerprint density at radius 3 is 2.78 bits per heavy atom. The predicted molar refractivity (Wildman–Crippen MR) is 104 cm³/mol. The van der Waals surface area contributed by atoms with Crippen LogP contribution >= 0.6 is 11.8 Å². The molecule has 3 rings (SSSR count). The molecule has 0 aliphatic carbocycles. The molecular weight excluding hydrogens is 364 g/mol.